The van der Waals surface area contributed by atoms with Crippen LogP contribution in [0.2, 0.25) is 0 Å². The lowest BCUT2D eigenvalue weighted by Gasteiger charge is -2.12. The quantitative estimate of drug-likeness (QED) is 0.696. The molecular weight excluding hydrogens is 150 g/mol. The van der Waals surface area contributed by atoms with Crippen molar-refractivity contribution in [3.63, 3.8) is 0 Å². The Morgan fingerprint density at radius 3 is 2.83 bits per heavy atom. The van der Waals surface area contributed by atoms with E-state index in [-0.39, 0.29) is 0 Å². The molecule has 2 heteroatoms. The van der Waals surface area contributed by atoms with Gasteiger partial charge in [-0.15, -0.1) is 0 Å². The topological polar surface area (TPSA) is 21.3 Å². The summed E-state index contributed by atoms with van der Waals surface area (Å²) in [5.74, 6) is 0.794. The summed E-state index contributed by atoms with van der Waals surface area (Å²) in [7, 11) is 0. The maximum Gasteiger partial charge on any atom is 0.0714 e. The molecule has 1 aliphatic rings. The molecule has 0 saturated carbocycles. The second-order valence-electron chi connectivity index (χ2n) is 4.05. The molecule has 2 atom stereocenters. The van der Waals surface area contributed by atoms with Gasteiger partial charge in [0.15, 0.2) is 0 Å². The highest BCUT2D eigenvalue weighted by Crippen LogP contribution is 2.16. The van der Waals surface area contributed by atoms with Gasteiger partial charge in [-0.25, -0.2) is 0 Å². The van der Waals surface area contributed by atoms with Crippen LogP contribution in [0.1, 0.15) is 33.6 Å². The second-order valence-corrected chi connectivity index (χ2v) is 4.05. The van der Waals surface area contributed by atoms with Crippen molar-refractivity contribution in [2.24, 2.45) is 5.92 Å². The molecule has 1 aliphatic heterocycles. The molecular formula is C10H21NO. The van der Waals surface area contributed by atoms with Gasteiger partial charge in [0.05, 0.1) is 6.10 Å². The Morgan fingerprint density at radius 2 is 2.25 bits per heavy atom. The molecule has 1 saturated heterocycles. The zero-order valence-electron chi connectivity index (χ0n) is 8.47. The van der Waals surface area contributed by atoms with Gasteiger partial charge in [-0.05, 0) is 25.7 Å². The molecule has 1 fully saturated rings. The van der Waals surface area contributed by atoms with Crippen molar-refractivity contribution in [3.8, 4) is 0 Å². The Labute approximate surface area is 75.7 Å². The first-order valence-corrected chi connectivity index (χ1v) is 5.07. The fourth-order valence-corrected chi connectivity index (χ4v) is 1.89. The molecule has 1 N–H and O–H groups in total. The fraction of sp³-hybridized carbons (Fsp3) is 1.00. The molecule has 0 bridgehead atoms. The first-order chi connectivity index (χ1) is 5.72. The molecule has 0 amide bonds. The Morgan fingerprint density at radius 1 is 1.50 bits per heavy atom. The summed E-state index contributed by atoms with van der Waals surface area (Å²) in [6.07, 6.45) is 2.95. The van der Waals surface area contributed by atoms with Crippen molar-refractivity contribution in [2.45, 2.75) is 45.8 Å². The number of nitrogens with one attached hydrogen (secondary N) is 1. The highest BCUT2D eigenvalue weighted by molar-refractivity contribution is 4.82. The lowest BCUT2D eigenvalue weighted by molar-refractivity contribution is 0.0753. The van der Waals surface area contributed by atoms with Gasteiger partial charge in [-0.3, -0.25) is 0 Å². The van der Waals surface area contributed by atoms with Crippen LogP contribution in [0.4, 0.5) is 0 Å². The maximum absolute atomic E-state index is 5.55. The molecule has 72 valence electrons. The van der Waals surface area contributed by atoms with Crippen LogP contribution in [-0.4, -0.2) is 25.3 Å². The van der Waals surface area contributed by atoms with Gasteiger partial charge < -0.3 is 10.1 Å². The van der Waals surface area contributed by atoms with E-state index in [1.807, 2.05) is 0 Å². The van der Waals surface area contributed by atoms with Crippen LogP contribution in [0.3, 0.4) is 0 Å². The molecule has 2 nitrogen and oxygen atoms in total. The molecule has 12 heavy (non-hydrogen) atoms. The zero-order valence-corrected chi connectivity index (χ0v) is 8.47. The van der Waals surface area contributed by atoms with E-state index in [4.69, 9.17) is 4.74 Å². The smallest absolute Gasteiger partial charge is 0.0714 e. The van der Waals surface area contributed by atoms with E-state index in [2.05, 4.69) is 26.1 Å². The van der Waals surface area contributed by atoms with Crippen LogP contribution in [0, 0.1) is 5.92 Å². The van der Waals surface area contributed by atoms with Crippen LogP contribution < -0.4 is 5.32 Å². The lowest BCUT2D eigenvalue weighted by Crippen LogP contribution is -2.23. The summed E-state index contributed by atoms with van der Waals surface area (Å²) in [4.78, 5) is 0. The predicted molar refractivity (Wildman–Crippen MR) is 51.3 cm³/mol. The molecule has 0 radical (unpaired) electrons. The zero-order chi connectivity index (χ0) is 8.97. The second kappa shape index (κ2) is 4.83. The molecule has 1 rings (SSSR count). The third-order valence-electron chi connectivity index (χ3n) is 2.34. The van der Waals surface area contributed by atoms with Crippen LogP contribution in [-0.2, 0) is 4.74 Å². The third-order valence-corrected chi connectivity index (χ3v) is 2.34. The van der Waals surface area contributed by atoms with Crippen molar-refractivity contribution in [1.82, 2.24) is 5.32 Å². The van der Waals surface area contributed by atoms with E-state index in [1.54, 1.807) is 0 Å². The normalized spacial score (nSPS) is 30.0. The van der Waals surface area contributed by atoms with Gasteiger partial charge in [0, 0.05) is 19.2 Å². The Kier molecular flexibility index (Phi) is 4.02. The molecule has 0 spiro atoms. The van der Waals surface area contributed by atoms with Crippen molar-refractivity contribution in [2.75, 3.05) is 13.2 Å². The van der Waals surface area contributed by atoms with Gasteiger partial charge in [0.2, 0.25) is 0 Å². The fourth-order valence-electron chi connectivity index (χ4n) is 1.89. The third kappa shape index (κ3) is 3.11. The van der Waals surface area contributed by atoms with E-state index >= 15 is 0 Å². The highest BCUT2D eigenvalue weighted by atomic mass is 16.5. The molecule has 1 heterocycles. The van der Waals surface area contributed by atoms with Crippen molar-refractivity contribution < 1.29 is 4.74 Å². The molecule has 0 aromatic rings. The first kappa shape index (κ1) is 10.0. The minimum atomic E-state index is 0.471. The molecule has 0 unspecified atom stereocenters. The monoisotopic (exact) mass is 171 g/mol. The van der Waals surface area contributed by atoms with Crippen LogP contribution in [0.5, 0.6) is 0 Å². The van der Waals surface area contributed by atoms with Crippen molar-refractivity contribution >= 4 is 0 Å². The molecule has 0 aliphatic carbocycles. The Bertz CT molecular complexity index is 125. The van der Waals surface area contributed by atoms with Gasteiger partial charge in [0.25, 0.3) is 0 Å². The first-order valence-electron chi connectivity index (χ1n) is 5.07. The summed E-state index contributed by atoms with van der Waals surface area (Å²) in [6.45, 7) is 8.51. The minimum Gasteiger partial charge on any atom is -0.377 e. The molecule has 0 aromatic carbocycles. The van der Waals surface area contributed by atoms with Crippen LogP contribution in [0.25, 0.3) is 0 Å². The summed E-state index contributed by atoms with van der Waals surface area (Å²) < 4.78 is 5.55. The SMILES string of the molecule is CCO[C@@H]1CN[C@H](CC(C)C)C1. The number of ether oxygens (including phenoxy) is 1. The Balaban J connectivity index is 2.16. The van der Waals surface area contributed by atoms with Gasteiger partial charge in [-0.2, -0.15) is 0 Å². The maximum atomic E-state index is 5.55. The van der Waals surface area contributed by atoms with Gasteiger partial charge in [0.1, 0.15) is 0 Å². The average Bonchev–Trinajstić information content (AvgIpc) is 2.36. The summed E-state index contributed by atoms with van der Waals surface area (Å²) in [6, 6.07) is 0.696. The number of hydrogen-bond acceptors (Lipinski definition) is 2. The summed E-state index contributed by atoms with van der Waals surface area (Å²) in [5.41, 5.74) is 0. The van der Waals surface area contributed by atoms with E-state index < -0.39 is 0 Å². The largest absolute Gasteiger partial charge is 0.377 e. The summed E-state index contributed by atoms with van der Waals surface area (Å²) in [5, 5.41) is 3.50. The minimum absolute atomic E-state index is 0.471. The van der Waals surface area contributed by atoms with E-state index in [1.165, 1.54) is 12.8 Å². The number of hydrogen-bond donors (Lipinski definition) is 1. The van der Waals surface area contributed by atoms with Crippen molar-refractivity contribution in [1.29, 1.82) is 0 Å². The lowest BCUT2D eigenvalue weighted by atomic mass is 10.0. The van der Waals surface area contributed by atoms with E-state index in [0.717, 1.165) is 19.1 Å². The Hall–Kier alpha value is -0.0800. The number of rotatable bonds is 4. The van der Waals surface area contributed by atoms with E-state index in [9.17, 15) is 0 Å². The van der Waals surface area contributed by atoms with Crippen LogP contribution >= 0.6 is 0 Å². The van der Waals surface area contributed by atoms with Gasteiger partial charge >= 0.3 is 0 Å². The highest BCUT2D eigenvalue weighted by Gasteiger charge is 2.24. The van der Waals surface area contributed by atoms with Crippen molar-refractivity contribution in [3.05, 3.63) is 0 Å². The van der Waals surface area contributed by atoms with Crippen LogP contribution in [0.15, 0.2) is 0 Å². The standard InChI is InChI=1S/C10H21NO/c1-4-12-10-6-9(11-7-10)5-8(2)3/h8-11H,4-7H2,1-3H3/t9-,10+/m1/s1. The van der Waals surface area contributed by atoms with E-state index in [0.29, 0.717) is 12.1 Å². The summed E-state index contributed by atoms with van der Waals surface area (Å²) >= 11 is 0. The molecule has 0 aromatic heterocycles. The van der Waals surface area contributed by atoms with Gasteiger partial charge in [-0.1, -0.05) is 13.8 Å². The predicted octanol–water partition coefficient (Wildman–Crippen LogP) is 1.80. The average molecular weight is 171 g/mol.